The molecule has 3 aromatic carbocycles. The third kappa shape index (κ3) is 7.06. The molecular formula is C25H27ClN2O5S2. The lowest BCUT2D eigenvalue weighted by atomic mass is 10.2. The number of rotatable bonds is 11. The average Bonchev–Trinajstić information content (AvgIpc) is 2.86. The van der Waals surface area contributed by atoms with Crippen molar-refractivity contribution in [2.45, 2.75) is 16.7 Å². The highest BCUT2D eigenvalue weighted by Gasteiger charge is 2.28. The van der Waals surface area contributed by atoms with Crippen molar-refractivity contribution in [1.82, 2.24) is 5.32 Å². The minimum atomic E-state index is -4.11. The molecule has 1 amide bonds. The van der Waals surface area contributed by atoms with Gasteiger partial charge in [-0.3, -0.25) is 9.10 Å². The minimum Gasteiger partial charge on any atom is -0.493 e. The van der Waals surface area contributed by atoms with Gasteiger partial charge in [0.05, 0.1) is 24.8 Å². The molecule has 0 heterocycles. The van der Waals surface area contributed by atoms with Gasteiger partial charge < -0.3 is 14.8 Å². The highest BCUT2D eigenvalue weighted by Crippen LogP contribution is 2.32. The van der Waals surface area contributed by atoms with Crippen LogP contribution in [-0.4, -0.2) is 47.4 Å². The van der Waals surface area contributed by atoms with Crippen molar-refractivity contribution in [1.29, 1.82) is 0 Å². The van der Waals surface area contributed by atoms with Gasteiger partial charge in [0.1, 0.15) is 6.54 Å². The second-order valence-corrected chi connectivity index (χ2v) is 11.0. The number of hydrogen-bond acceptors (Lipinski definition) is 6. The number of halogens is 1. The quantitative estimate of drug-likeness (QED) is 0.282. The molecule has 3 aromatic rings. The normalized spacial score (nSPS) is 11.1. The number of amides is 1. The van der Waals surface area contributed by atoms with Crippen LogP contribution >= 0.6 is 23.4 Å². The van der Waals surface area contributed by atoms with E-state index in [1.165, 1.54) is 38.0 Å². The molecule has 0 saturated carbocycles. The van der Waals surface area contributed by atoms with Gasteiger partial charge in [-0.2, -0.15) is 0 Å². The molecule has 0 aliphatic rings. The van der Waals surface area contributed by atoms with Gasteiger partial charge in [0.15, 0.2) is 11.5 Å². The van der Waals surface area contributed by atoms with Crippen LogP contribution in [0.1, 0.15) is 5.56 Å². The van der Waals surface area contributed by atoms with Crippen LogP contribution in [0.15, 0.2) is 76.5 Å². The van der Waals surface area contributed by atoms with Crippen molar-refractivity contribution in [3.05, 3.63) is 77.3 Å². The Morgan fingerprint density at radius 2 is 1.63 bits per heavy atom. The Hall–Kier alpha value is -2.88. The van der Waals surface area contributed by atoms with E-state index in [4.69, 9.17) is 21.1 Å². The Bertz CT molecular complexity index is 1250. The summed E-state index contributed by atoms with van der Waals surface area (Å²) in [7, 11) is -1.22. The van der Waals surface area contributed by atoms with E-state index in [2.05, 4.69) is 5.32 Å². The predicted molar refractivity (Wildman–Crippen MR) is 140 cm³/mol. The second-order valence-electron chi connectivity index (χ2n) is 7.52. The van der Waals surface area contributed by atoms with Crippen molar-refractivity contribution >= 4 is 45.0 Å². The summed E-state index contributed by atoms with van der Waals surface area (Å²) < 4.78 is 38.7. The zero-order chi connectivity index (χ0) is 25.4. The highest BCUT2D eigenvalue weighted by atomic mass is 35.5. The summed E-state index contributed by atoms with van der Waals surface area (Å²) in [5, 5.41) is 3.26. The first-order valence-electron chi connectivity index (χ1n) is 10.7. The molecule has 1 N–H and O–H groups in total. The zero-order valence-electron chi connectivity index (χ0n) is 19.7. The lowest BCUT2D eigenvalue weighted by molar-refractivity contribution is -0.119. The van der Waals surface area contributed by atoms with Crippen LogP contribution < -0.4 is 19.1 Å². The van der Waals surface area contributed by atoms with Crippen LogP contribution in [0.4, 0.5) is 5.69 Å². The van der Waals surface area contributed by atoms with E-state index in [0.29, 0.717) is 28.8 Å². The number of methoxy groups -OCH3 is 2. The molecule has 0 aliphatic heterocycles. The summed E-state index contributed by atoms with van der Waals surface area (Å²) in [6.07, 6.45) is 0. The van der Waals surface area contributed by atoms with Crippen molar-refractivity contribution in [2.24, 2.45) is 0 Å². The fraction of sp³-hybridized carbons (Fsp3) is 0.240. The highest BCUT2D eigenvalue weighted by molar-refractivity contribution is 7.99. The molecule has 0 unspecified atom stereocenters. The summed E-state index contributed by atoms with van der Waals surface area (Å²) in [6, 6.07) is 18.7. The van der Waals surface area contributed by atoms with E-state index in [-0.39, 0.29) is 10.6 Å². The number of nitrogens with one attached hydrogen (secondary N) is 1. The molecular weight excluding hydrogens is 508 g/mol. The van der Waals surface area contributed by atoms with Gasteiger partial charge in [-0.1, -0.05) is 29.3 Å². The SMILES string of the molecule is COc1ccc(S(=O)(=O)N(CC(=O)NCCSc2ccc(C)cc2)c2ccc(Cl)cc2)cc1OC. The first kappa shape index (κ1) is 26.7. The largest absolute Gasteiger partial charge is 0.493 e. The number of benzene rings is 3. The number of aryl methyl sites for hydroxylation is 1. The summed E-state index contributed by atoms with van der Waals surface area (Å²) >= 11 is 7.60. The number of ether oxygens (including phenoxy) is 2. The Morgan fingerprint density at radius 1 is 0.971 bits per heavy atom. The third-order valence-electron chi connectivity index (χ3n) is 5.06. The van der Waals surface area contributed by atoms with Crippen LogP contribution in [0, 0.1) is 6.92 Å². The average molecular weight is 535 g/mol. The fourth-order valence-electron chi connectivity index (χ4n) is 3.21. The Morgan fingerprint density at radius 3 is 2.26 bits per heavy atom. The van der Waals surface area contributed by atoms with Crippen LogP contribution in [0.2, 0.25) is 5.02 Å². The van der Waals surface area contributed by atoms with Gasteiger partial charge in [-0.05, 0) is 55.5 Å². The van der Waals surface area contributed by atoms with E-state index in [0.717, 1.165) is 9.20 Å². The number of sulfonamides is 1. The van der Waals surface area contributed by atoms with Gasteiger partial charge in [0.2, 0.25) is 5.91 Å². The number of nitrogens with zero attached hydrogens (tertiary/aromatic N) is 1. The number of carbonyl (C=O) groups excluding carboxylic acids is 1. The second kappa shape index (κ2) is 12.2. The van der Waals surface area contributed by atoms with E-state index >= 15 is 0 Å². The smallest absolute Gasteiger partial charge is 0.264 e. The number of hydrogen-bond donors (Lipinski definition) is 1. The first-order valence-corrected chi connectivity index (χ1v) is 13.5. The van der Waals surface area contributed by atoms with Crippen molar-refractivity contribution in [3.8, 4) is 11.5 Å². The zero-order valence-corrected chi connectivity index (χ0v) is 22.0. The maximum absolute atomic E-state index is 13.6. The van der Waals surface area contributed by atoms with Crippen molar-refractivity contribution in [3.63, 3.8) is 0 Å². The molecule has 7 nitrogen and oxygen atoms in total. The molecule has 0 radical (unpaired) electrons. The standard InChI is InChI=1S/C25H27ClN2O5S2/c1-18-4-10-21(11-5-18)34-15-14-27-25(29)17-28(20-8-6-19(26)7-9-20)35(30,31)22-12-13-23(32-2)24(16-22)33-3/h4-13,16H,14-15,17H2,1-3H3,(H,27,29). The third-order valence-corrected chi connectivity index (χ3v) is 8.09. The molecule has 0 saturated heterocycles. The van der Waals surface area contributed by atoms with Crippen molar-refractivity contribution in [2.75, 3.05) is 37.4 Å². The van der Waals surface area contributed by atoms with Crippen LogP contribution in [0.25, 0.3) is 0 Å². The lowest BCUT2D eigenvalue weighted by Gasteiger charge is -2.24. The number of carbonyl (C=O) groups is 1. The molecule has 3 rings (SSSR count). The lowest BCUT2D eigenvalue weighted by Crippen LogP contribution is -2.41. The fourth-order valence-corrected chi connectivity index (χ4v) is 5.54. The summed E-state index contributed by atoms with van der Waals surface area (Å²) in [5.41, 5.74) is 1.49. The van der Waals surface area contributed by atoms with Crippen LogP contribution in [0.5, 0.6) is 11.5 Å². The number of anilines is 1. The van der Waals surface area contributed by atoms with Gasteiger partial charge >= 0.3 is 0 Å². The summed E-state index contributed by atoms with van der Waals surface area (Å²) in [5.74, 6) is 0.891. The molecule has 35 heavy (non-hydrogen) atoms. The Kier molecular flexibility index (Phi) is 9.31. The Balaban J connectivity index is 1.76. The molecule has 0 atom stereocenters. The van der Waals surface area contributed by atoms with Gasteiger partial charge in [-0.15, -0.1) is 11.8 Å². The van der Waals surface area contributed by atoms with Gasteiger partial charge in [0, 0.05) is 28.3 Å². The molecule has 0 aliphatic carbocycles. The number of thioether (sulfide) groups is 1. The summed E-state index contributed by atoms with van der Waals surface area (Å²) in [4.78, 5) is 13.8. The van der Waals surface area contributed by atoms with E-state index in [1.807, 2.05) is 31.2 Å². The first-order chi connectivity index (χ1) is 16.7. The molecule has 10 heteroatoms. The minimum absolute atomic E-state index is 0.0344. The maximum atomic E-state index is 13.6. The topological polar surface area (TPSA) is 84.9 Å². The molecule has 0 spiro atoms. The summed E-state index contributed by atoms with van der Waals surface area (Å²) in [6.45, 7) is 2.02. The Labute approximate surface area is 215 Å². The molecule has 0 fully saturated rings. The maximum Gasteiger partial charge on any atom is 0.264 e. The van der Waals surface area contributed by atoms with Gasteiger partial charge in [-0.25, -0.2) is 8.42 Å². The van der Waals surface area contributed by atoms with Crippen LogP contribution in [0.3, 0.4) is 0 Å². The monoisotopic (exact) mass is 534 g/mol. The van der Waals surface area contributed by atoms with Crippen LogP contribution in [-0.2, 0) is 14.8 Å². The molecule has 186 valence electrons. The molecule has 0 bridgehead atoms. The van der Waals surface area contributed by atoms with E-state index in [9.17, 15) is 13.2 Å². The van der Waals surface area contributed by atoms with Gasteiger partial charge in [0.25, 0.3) is 10.0 Å². The van der Waals surface area contributed by atoms with Crippen molar-refractivity contribution < 1.29 is 22.7 Å². The van der Waals surface area contributed by atoms with E-state index < -0.39 is 22.5 Å². The van der Waals surface area contributed by atoms with E-state index in [1.54, 1.807) is 36.0 Å². The molecule has 0 aromatic heterocycles. The predicted octanol–water partition coefficient (Wildman–Crippen LogP) is 4.77.